The van der Waals surface area contributed by atoms with Crippen LogP contribution in [0.25, 0.3) is 0 Å². The van der Waals surface area contributed by atoms with E-state index in [0.717, 1.165) is 87.6 Å². The Morgan fingerprint density at radius 3 is 0.584 bits per heavy atom. The number of allylic oxidation sites excluding steroid dienone is 2. The molecule has 0 aliphatic rings. The highest BCUT2D eigenvalue weighted by molar-refractivity contribution is 5.03. The zero-order valence-corrected chi connectivity index (χ0v) is 53.3. The minimum absolute atomic E-state index is 0.130. The van der Waals surface area contributed by atoms with E-state index < -0.39 is 0 Å². The van der Waals surface area contributed by atoms with E-state index in [9.17, 15) is 0 Å². The summed E-state index contributed by atoms with van der Waals surface area (Å²) in [7, 11) is 0. The lowest BCUT2D eigenvalue weighted by Crippen LogP contribution is -2.14. The standard InChI is InChI=1S/C70H138O7/c1-7-13-19-25-31-33-35-37-39-41-43-45-51-57-67(74-59-53-47-27-21-15-9-3)69(76-61-55-49-29-23-17-11-5)63-71-65-73-66-72-64-70(77-62-56-50-30-24-18-12-6)68(75-60-54-48-28-22-16-10-4)58-52-46-44-42-40-38-36-34-32-26-20-14-8-2/h7-66H2,1-6H3. The average molecular weight is 1090 g/mol. The first kappa shape index (κ1) is 75.6. The Bertz CT molecular complexity index is 1080. The molecule has 77 heavy (non-hydrogen) atoms. The molecule has 0 unspecified atom stereocenters. The Morgan fingerprint density at radius 2 is 0.364 bits per heavy atom. The van der Waals surface area contributed by atoms with Gasteiger partial charge in [0.25, 0.3) is 0 Å². The van der Waals surface area contributed by atoms with E-state index in [4.69, 9.17) is 33.2 Å². The summed E-state index contributed by atoms with van der Waals surface area (Å²) in [6.45, 7) is 17.6. The van der Waals surface area contributed by atoms with Crippen LogP contribution in [0.1, 0.15) is 375 Å². The molecule has 0 heterocycles. The average Bonchev–Trinajstić information content (AvgIpc) is 3.44. The van der Waals surface area contributed by atoms with Crippen molar-refractivity contribution in [2.45, 2.75) is 375 Å². The molecule has 0 saturated carbocycles. The smallest absolute Gasteiger partial charge is 0.159 e. The zero-order valence-electron chi connectivity index (χ0n) is 53.3. The van der Waals surface area contributed by atoms with Gasteiger partial charge in [0, 0.05) is 12.8 Å². The van der Waals surface area contributed by atoms with Crippen LogP contribution in [0.4, 0.5) is 0 Å². The maximum Gasteiger partial charge on any atom is 0.159 e. The summed E-state index contributed by atoms with van der Waals surface area (Å²) in [5.74, 6) is 3.72. The van der Waals surface area contributed by atoms with Gasteiger partial charge in [0.2, 0.25) is 0 Å². The van der Waals surface area contributed by atoms with Crippen molar-refractivity contribution in [2.75, 3.05) is 53.2 Å². The predicted octanol–water partition coefficient (Wildman–Crippen LogP) is 23.8. The quantitative estimate of drug-likeness (QED) is 0.0342. The molecule has 0 rings (SSSR count). The van der Waals surface area contributed by atoms with Gasteiger partial charge >= 0.3 is 0 Å². The fraction of sp³-hybridized carbons (Fsp3) is 0.943. The van der Waals surface area contributed by atoms with Crippen LogP contribution in [0, 0.1) is 0 Å². The van der Waals surface area contributed by atoms with Gasteiger partial charge in [0.05, 0.1) is 26.4 Å². The van der Waals surface area contributed by atoms with Gasteiger partial charge in [-0.1, -0.05) is 324 Å². The topological polar surface area (TPSA) is 64.6 Å². The molecule has 0 N–H and O–H groups in total. The van der Waals surface area contributed by atoms with E-state index >= 15 is 0 Å². The summed E-state index contributed by atoms with van der Waals surface area (Å²) in [6, 6.07) is 0. The second-order valence-electron chi connectivity index (χ2n) is 23.3. The highest BCUT2D eigenvalue weighted by Crippen LogP contribution is 2.23. The van der Waals surface area contributed by atoms with Crippen LogP contribution in [-0.4, -0.2) is 53.2 Å². The minimum Gasteiger partial charge on any atom is -0.494 e. The fourth-order valence-electron chi connectivity index (χ4n) is 10.3. The first-order chi connectivity index (χ1) is 38.2. The first-order valence-electron chi connectivity index (χ1n) is 34.9. The number of hydrogen-bond donors (Lipinski definition) is 0. The van der Waals surface area contributed by atoms with Crippen molar-refractivity contribution in [2.24, 2.45) is 0 Å². The van der Waals surface area contributed by atoms with Crippen molar-refractivity contribution in [3.05, 3.63) is 23.0 Å². The molecule has 0 aliphatic heterocycles. The third-order valence-electron chi connectivity index (χ3n) is 15.5. The van der Waals surface area contributed by atoms with E-state index in [2.05, 4.69) is 41.5 Å². The molecule has 0 saturated heterocycles. The monoisotopic (exact) mass is 1090 g/mol. The lowest BCUT2D eigenvalue weighted by Gasteiger charge is -2.19. The van der Waals surface area contributed by atoms with Gasteiger partial charge < -0.3 is 33.2 Å². The summed E-state index contributed by atoms with van der Waals surface area (Å²) in [4.78, 5) is 0. The molecule has 0 amide bonds. The molecule has 0 aromatic carbocycles. The lowest BCUT2D eigenvalue weighted by molar-refractivity contribution is -0.132. The van der Waals surface area contributed by atoms with Crippen molar-refractivity contribution in [1.29, 1.82) is 0 Å². The van der Waals surface area contributed by atoms with Crippen molar-refractivity contribution >= 4 is 0 Å². The van der Waals surface area contributed by atoms with Crippen LogP contribution < -0.4 is 0 Å². The van der Waals surface area contributed by atoms with E-state index in [0.29, 0.717) is 26.4 Å². The number of hydrogen-bond acceptors (Lipinski definition) is 7. The Hall–Kier alpha value is -1.44. The van der Waals surface area contributed by atoms with Crippen LogP contribution in [0.3, 0.4) is 0 Å². The van der Waals surface area contributed by atoms with Gasteiger partial charge in [-0.3, -0.25) is 0 Å². The minimum atomic E-state index is 0.130. The molecule has 460 valence electrons. The lowest BCUT2D eigenvalue weighted by atomic mass is 10.0. The fourth-order valence-corrected chi connectivity index (χ4v) is 10.3. The predicted molar refractivity (Wildman–Crippen MR) is 335 cm³/mol. The third kappa shape index (κ3) is 57.6. The van der Waals surface area contributed by atoms with Crippen molar-refractivity contribution in [3.8, 4) is 0 Å². The molecule has 7 nitrogen and oxygen atoms in total. The van der Waals surface area contributed by atoms with E-state index in [1.54, 1.807) is 0 Å². The molecule has 7 heteroatoms. The molecule has 0 aromatic rings. The van der Waals surface area contributed by atoms with Crippen molar-refractivity contribution in [3.63, 3.8) is 0 Å². The first-order valence-corrected chi connectivity index (χ1v) is 34.9. The summed E-state index contributed by atoms with van der Waals surface area (Å²) >= 11 is 0. The number of rotatable bonds is 68. The van der Waals surface area contributed by atoms with Gasteiger partial charge in [-0.25, -0.2) is 0 Å². The van der Waals surface area contributed by atoms with Gasteiger partial charge in [0.1, 0.15) is 38.3 Å². The van der Waals surface area contributed by atoms with Gasteiger partial charge in [0.15, 0.2) is 11.5 Å². The van der Waals surface area contributed by atoms with Crippen LogP contribution in [0.2, 0.25) is 0 Å². The Balaban J connectivity index is 5.73. The number of unbranched alkanes of at least 4 members (excludes halogenated alkanes) is 44. The van der Waals surface area contributed by atoms with Crippen LogP contribution in [0.5, 0.6) is 0 Å². The van der Waals surface area contributed by atoms with Gasteiger partial charge in [-0.15, -0.1) is 0 Å². The highest BCUT2D eigenvalue weighted by Gasteiger charge is 2.15. The molecular weight excluding hydrogens is 953 g/mol. The van der Waals surface area contributed by atoms with E-state index in [1.807, 2.05) is 0 Å². The molecule has 0 fully saturated rings. The van der Waals surface area contributed by atoms with Crippen LogP contribution in [0.15, 0.2) is 23.0 Å². The molecule has 0 aliphatic carbocycles. The zero-order chi connectivity index (χ0) is 55.7. The summed E-state index contributed by atoms with van der Waals surface area (Å²) < 4.78 is 45.0. The van der Waals surface area contributed by atoms with E-state index in [1.165, 1.54) is 283 Å². The summed E-state index contributed by atoms with van der Waals surface area (Å²) in [6.07, 6.45) is 66.8. The second-order valence-corrected chi connectivity index (χ2v) is 23.3. The third-order valence-corrected chi connectivity index (χ3v) is 15.5. The molecule has 0 radical (unpaired) electrons. The molecular formula is C70H138O7. The van der Waals surface area contributed by atoms with Crippen molar-refractivity contribution < 1.29 is 33.2 Å². The number of ether oxygens (including phenoxy) is 7. The Labute approximate surface area is 482 Å². The molecule has 0 bridgehead atoms. The van der Waals surface area contributed by atoms with Crippen molar-refractivity contribution in [1.82, 2.24) is 0 Å². The Kier molecular flexibility index (Phi) is 65.8. The normalized spacial score (nSPS) is 12.3. The SMILES string of the molecule is CCCCCCCCCCCCCCCC(OCCCCCCCC)=C(COCOCOCC(OCCCCCCCC)=C(CCCCCCCCCCCCCCC)OCCCCCCCC)OCCCCCCCC. The van der Waals surface area contributed by atoms with Crippen LogP contribution >= 0.6 is 0 Å². The van der Waals surface area contributed by atoms with Gasteiger partial charge in [-0.05, 0) is 38.5 Å². The molecule has 0 aromatic heterocycles. The molecule has 0 spiro atoms. The highest BCUT2D eigenvalue weighted by atomic mass is 16.7. The Morgan fingerprint density at radius 1 is 0.182 bits per heavy atom. The largest absolute Gasteiger partial charge is 0.494 e. The summed E-state index contributed by atoms with van der Waals surface area (Å²) in [5, 5.41) is 0. The maximum atomic E-state index is 6.65. The summed E-state index contributed by atoms with van der Waals surface area (Å²) in [5.41, 5.74) is 0. The van der Waals surface area contributed by atoms with E-state index in [-0.39, 0.29) is 13.6 Å². The maximum absolute atomic E-state index is 6.65. The second kappa shape index (κ2) is 67.1. The molecule has 0 atom stereocenters. The van der Waals surface area contributed by atoms with Gasteiger partial charge in [-0.2, -0.15) is 0 Å². The van der Waals surface area contributed by atoms with Crippen LogP contribution in [-0.2, 0) is 33.2 Å².